The van der Waals surface area contributed by atoms with E-state index >= 15 is 0 Å². The first kappa shape index (κ1) is 27.6. The smallest absolute Gasteiger partial charge is 0.413 e. The van der Waals surface area contributed by atoms with E-state index in [4.69, 9.17) is 15.2 Å². The second-order valence-corrected chi connectivity index (χ2v) is 9.92. The SMILES string of the molecule is NC(=O)OCCCC[C@H](NC(=O)Oc1ccc([N+](=O)[O-])cc1)C(=O)N(Cc1cccs1)Cc1cccs1. The minimum Gasteiger partial charge on any atom is -0.450 e. The number of thiophene rings is 2. The number of carbonyl (C=O) groups excluding carboxylic acids is 3. The number of amides is 3. The maximum atomic E-state index is 13.7. The Morgan fingerprint density at radius 2 is 1.62 bits per heavy atom. The largest absolute Gasteiger partial charge is 0.450 e. The molecular formula is C24H26N4O7S2. The molecule has 11 nitrogen and oxygen atoms in total. The van der Waals surface area contributed by atoms with Gasteiger partial charge in [0.05, 0.1) is 24.6 Å². The molecule has 0 aliphatic rings. The molecule has 0 fully saturated rings. The van der Waals surface area contributed by atoms with E-state index in [9.17, 15) is 24.5 Å². The van der Waals surface area contributed by atoms with Crippen molar-refractivity contribution >= 4 is 46.5 Å². The molecule has 3 rings (SSSR count). The van der Waals surface area contributed by atoms with Crippen LogP contribution in [0.3, 0.4) is 0 Å². The molecule has 0 bridgehead atoms. The van der Waals surface area contributed by atoms with E-state index in [0.29, 0.717) is 25.9 Å². The number of carbonyl (C=O) groups is 3. The van der Waals surface area contributed by atoms with Crippen LogP contribution in [0.1, 0.15) is 29.0 Å². The number of unbranched alkanes of at least 4 members (excludes halogenated alkanes) is 1. The average Bonchev–Trinajstić information content (AvgIpc) is 3.57. The van der Waals surface area contributed by atoms with Crippen LogP contribution in [0.2, 0.25) is 0 Å². The van der Waals surface area contributed by atoms with Gasteiger partial charge in [0.15, 0.2) is 0 Å². The standard InChI is InChI=1S/C24H26N4O7S2/c25-23(30)34-12-2-1-7-21(26-24(31)35-18-10-8-17(9-11-18)28(32)33)22(29)27(15-19-5-3-13-36-19)16-20-6-4-14-37-20/h3-6,8-11,13-14,21H,1-2,7,12,15-16H2,(H2,25,30)(H,26,31)/t21-/m0/s1. The van der Waals surface area contributed by atoms with Crippen molar-refractivity contribution in [2.24, 2.45) is 5.73 Å². The summed E-state index contributed by atoms with van der Waals surface area (Å²) in [6.07, 6.45) is -0.570. The highest BCUT2D eigenvalue weighted by atomic mass is 32.1. The summed E-state index contributed by atoms with van der Waals surface area (Å²) in [5.74, 6) is -0.198. The maximum Gasteiger partial charge on any atom is 0.413 e. The molecule has 0 radical (unpaired) electrons. The number of hydrogen-bond acceptors (Lipinski definition) is 9. The Morgan fingerprint density at radius 3 is 2.14 bits per heavy atom. The van der Waals surface area contributed by atoms with Crippen LogP contribution in [-0.4, -0.2) is 40.6 Å². The third kappa shape index (κ3) is 9.20. The molecule has 3 aromatic rings. The van der Waals surface area contributed by atoms with Crippen molar-refractivity contribution in [3.8, 4) is 5.75 Å². The Labute approximate surface area is 220 Å². The third-order valence-corrected chi connectivity index (χ3v) is 6.87. The Balaban J connectivity index is 1.71. The predicted molar refractivity (Wildman–Crippen MR) is 138 cm³/mol. The van der Waals surface area contributed by atoms with Crippen LogP contribution >= 0.6 is 22.7 Å². The minimum atomic E-state index is -0.918. The molecule has 0 saturated heterocycles. The van der Waals surface area contributed by atoms with Gasteiger partial charge in [0, 0.05) is 21.9 Å². The molecule has 1 atom stereocenters. The first-order chi connectivity index (χ1) is 17.8. The zero-order valence-electron chi connectivity index (χ0n) is 19.7. The molecule has 0 saturated carbocycles. The van der Waals surface area contributed by atoms with Crippen molar-refractivity contribution < 1.29 is 28.8 Å². The van der Waals surface area contributed by atoms with Crippen molar-refractivity contribution in [2.75, 3.05) is 6.61 Å². The maximum absolute atomic E-state index is 13.7. The van der Waals surface area contributed by atoms with E-state index in [1.165, 1.54) is 46.9 Å². The molecule has 2 heterocycles. The zero-order valence-corrected chi connectivity index (χ0v) is 21.4. The van der Waals surface area contributed by atoms with Gasteiger partial charge in [-0.25, -0.2) is 9.59 Å². The molecule has 0 aliphatic carbocycles. The normalized spacial score (nSPS) is 11.4. The van der Waals surface area contributed by atoms with Crippen molar-refractivity contribution in [3.63, 3.8) is 0 Å². The van der Waals surface area contributed by atoms with Gasteiger partial charge in [-0.3, -0.25) is 14.9 Å². The number of ether oxygens (including phenoxy) is 2. The molecule has 196 valence electrons. The lowest BCUT2D eigenvalue weighted by molar-refractivity contribution is -0.384. The number of nitro groups is 1. The number of primary amides is 1. The number of nitrogens with zero attached hydrogens (tertiary/aromatic N) is 2. The Kier molecular flexibility index (Phi) is 10.4. The highest BCUT2D eigenvalue weighted by Gasteiger charge is 2.27. The molecule has 37 heavy (non-hydrogen) atoms. The Hall–Kier alpha value is -3.97. The van der Waals surface area contributed by atoms with Gasteiger partial charge in [0.25, 0.3) is 5.69 Å². The highest BCUT2D eigenvalue weighted by Crippen LogP contribution is 2.20. The van der Waals surface area contributed by atoms with Gasteiger partial charge >= 0.3 is 12.2 Å². The predicted octanol–water partition coefficient (Wildman–Crippen LogP) is 4.67. The van der Waals surface area contributed by atoms with E-state index in [2.05, 4.69) is 5.32 Å². The number of nitro benzene ring substituents is 1. The van der Waals surface area contributed by atoms with Crippen molar-refractivity contribution in [1.29, 1.82) is 0 Å². The molecule has 0 unspecified atom stereocenters. The fourth-order valence-corrected chi connectivity index (χ4v) is 4.85. The number of rotatable bonds is 13. The van der Waals surface area contributed by atoms with Crippen LogP contribution in [-0.2, 0) is 22.6 Å². The van der Waals surface area contributed by atoms with Crippen LogP contribution in [0.5, 0.6) is 5.75 Å². The lowest BCUT2D eigenvalue weighted by atomic mass is 10.1. The van der Waals surface area contributed by atoms with Gasteiger partial charge in [-0.2, -0.15) is 0 Å². The summed E-state index contributed by atoms with van der Waals surface area (Å²) in [7, 11) is 0. The summed E-state index contributed by atoms with van der Waals surface area (Å²) in [6.45, 7) is 0.834. The zero-order chi connectivity index (χ0) is 26.6. The fourth-order valence-electron chi connectivity index (χ4n) is 3.41. The van der Waals surface area contributed by atoms with Crippen LogP contribution in [0.25, 0.3) is 0 Å². The topological polar surface area (TPSA) is 154 Å². The number of benzene rings is 1. The first-order valence-electron chi connectivity index (χ1n) is 11.3. The summed E-state index contributed by atoms with van der Waals surface area (Å²) in [6, 6.07) is 11.8. The number of hydrogen-bond donors (Lipinski definition) is 2. The summed E-state index contributed by atoms with van der Waals surface area (Å²) in [4.78, 5) is 51.1. The van der Waals surface area contributed by atoms with Crippen LogP contribution < -0.4 is 15.8 Å². The monoisotopic (exact) mass is 546 g/mol. The summed E-state index contributed by atoms with van der Waals surface area (Å²) in [5.41, 5.74) is 4.84. The molecule has 0 spiro atoms. The summed E-state index contributed by atoms with van der Waals surface area (Å²) < 4.78 is 10.00. The molecule has 1 aromatic carbocycles. The minimum absolute atomic E-state index is 0.0948. The second-order valence-electron chi connectivity index (χ2n) is 7.85. The highest BCUT2D eigenvalue weighted by molar-refractivity contribution is 7.10. The quantitative estimate of drug-likeness (QED) is 0.179. The van der Waals surface area contributed by atoms with E-state index in [0.717, 1.165) is 9.75 Å². The lowest BCUT2D eigenvalue weighted by Crippen LogP contribution is -2.48. The third-order valence-electron chi connectivity index (χ3n) is 5.14. The van der Waals surface area contributed by atoms with Gasteiger partial charge in [-0.15, -0.1) is 22.7 Å². The van der Waals surface area contributed by atoms with Gasteiger partial charge < -0.3 is 25.4 Å². The van der Waals surface area contributed by atoms with E-state index in [-0.39, 0.29) is 30.4 Å². The van der Waals surface area contributed by atoms with Gasteiger partial charge in [0.1, 0.15) is 11.8 Å². The number of nitrogens with two attached hydrogens (primary N) is 1. The number of non-ortho nitro benzene ring substituents is 1. The second kappa shape index (κ2) is 13.9. The molecule has 13 heteroatoms. The Bertz CT molecular complexity index is 1130. The van der Waals surface area contributed by atoms with E-state index in [1.807, 2.05) is 35.0 Å². The van der Waals surface area contributed by atoms with Crippen LogP contribution in [0.15, 0.2) is 59.3 Å². The molecular weight excluding hydrogens is 520 g/mol. The van der Waals surface area contributed by atoms with Crippen LogP contribution in [0.4, 0.5) is 15.3 Å². The van der Waals surface area contributed by atoms with Crippen molar-refractivity contribution in [1.82, 2.24) is 10.2 Å². The van der Waals surface area contributed by atoms with Gasteiger partial charge in [-0.05, 0) is 54.3 Å². The fraction of sp³-hybridized carbons (Fsp3) is 0.292. The molecule has 3 amide bonds. The lowest BCUT2D eigenvalue weighted by Gasteiger charge is -2.27. The summed E-state index contributed by atoms with van der Waals surface area (Å²) >= 11 is 3.06. The molecule has 0 aliphatic heterocycles. The summed E-state index contributed by atoms with van der Waals surface area (Å²) in [5, 5.41) is 17.3. The first-order valence-corrected chi connectivity index (χ1v) is 13.1. The van der Waals surface area contributed by atoms with E-state index in [1.54, 1.807) is 4.90 Å². The molecule has 2 aromatic heterocycles. The van der Waals surface area contributed by atoms with Gasteiger partial charge in [-0.1, -0.05) is 12.1 Å². The van der Waals surface area contributed by atoms with E-state index < -0.39 is 23.2 Å². The number of nitrogens with one attached hydrogen (secondary N) is 1. The van der Waals surface area contributed by atoms with Crippen molar-refractivity contribution in [3.05, 3.63) is 79.2 Å². The molecule has 3 N–H and O–H groups in total. The Morgan fingerprint density at radius 1 is 1.00 bits per heavy atom. The van der Waals surface area contributed by atoms with Crippen molar-refractivity contribution in [2.45, 2.75) is 38.4 Å². The average molecular weight is 547 g/mol. The van der Waals surface area contributed by atoms with Gasteiger partial charge in [0.2, 0.25) is 5.91 Å². The van der Waals surface area contributed by atoms with Crippen LogP contribution in [0, 0.1) is 10.1 Å².